The summed E-state index contributed by atoms with van der Waals surface area (Å²) < 4.78 is 0.631. The first kappa shape index (κ1) is 17.5. The van der Waals surface area contributed by atoms with Crippen LogP contribution in [-0.4, -0.2) is 0 Å². The molecule has 1 aromatic carbocycles. The van der Waals surface area contributed by atoms with Crippen molar-refractivity contribution >= 4 is 6.08 Å². The number of halogens is 3. The fourth-order valence-corrected chi connectivity index (χ4v) is 2.02. The summed E-state index contributed by atoms with van der Waals surface area (Å²) >= 11 is 2.26. The van der Waals surface area contributed by atoms with Gasteiger partial charge in [0.2, 0.25) is 0 Å². The van der Waals surface area contributed by atoms with Crippen LogP contribution in [0.15, 0.2) is 29.8 Å². The number of hydrogen-bond donors (Lipinski definition) is 0. The van der Waals surface area contributed by atoms with Gasteiger partial charge < -0.3 is 50.9 Å². The van der Waals surface area contributed by atoms with Crippen molar-refractivity contribution in [1.29, 1.82) is 0 Å². The first-order valence-electron chi connectivity index (χ1n) is 3.77. The number of rotatable bonds is 0. The van der Waals surface area contributed by atoms with Gasteiger partial charge in [0.1, 0.15) is 0 Å². The molecular formula is C10H9Br3Ti. The Bertz CT molecular complexity index is 323. The second-order valence-corrected chi connectivity index (χ2v) is 3.85. The van der Waals surface area contributed by atoms with Crippen molar-refractivity contribution in [3.8, 4) is 0 Å². The van der Waals surface area contributed by atoms with Crippen molar-refractivity contribution in [3.63, 3.8) is 0 Å². The van der Waals surface area contributed by atoms with Crippen molar-refractivity contribution in [2.75, 3.05) is 0 Å². The fourth-order valence-electron chi connectivity index (χ4n) is 1.48. The van der Waals surface area contributed by atoms with Crippen LogP contribution in [-0.2, 0) is 20.4 Å². The quantitative estimate of drug-likeness (QED) is 0.369. The summed E-state index contributed by atoms with van der Waals surface area (Å²) in [6.45, 7) is 2.20. The molecule has 1 unspecified atom stereocenters. The van der Waals surface area contributed by atoms with E-state index in [1.165, 1.54) is 16.7 Å². The summed E-state index contributed by atoms with van der Waals surface area (Å²) in [5.74, 6) is 0. The van der Waals surface area contributed by atoms with E-state index in [-0.39, 0.29) is 50.9 Å². The van der Waals surface area contributed by atoms with Crippen LogP contribution in [0.5, 0.6) is 0 Å². The van der Waals surface area contributed by atoms with Gasteiger partial charge in [0.05, 0.1) is 0 Å². The van der Waals surface area contributed by atoms with Gasteiger partial charge in [-0.1, -0.05) is 0 Å². The van der Waals surface area contributed by atoms with E-state index < -0.39 is 0 Å². The Hall–Kier alpha value is 1.11. The molecule has 0 saturated heterocycles. The molecule has 0 aliphatic heterocycles. The molecule has 0 amide bonds. The second-order valence-electron chi connectivity index (χ2n) is 2.95. The van der Waals surface area contributed by atoms with E-state index in [9.17, 15) is 0 Å². The van der Waals surface area contributed by atoms with Crippen molar-refractivity contribution in [2.24, 2.45) is 0 Å². The molecule has 1 aliphatic carbocycles. The molecule has 1 aliphatic rings. The molecule has 0 fully saturated rings. The zero-order valence-electron chi connectivity index (χ0n) is 7.60. The molecule has 0 spiro atoms. The van der Waals surface area contributed by atoms with E-state index in [1.807, 2.05) is 0 Å². The molecule has 0 saturated carbocycles. The Morgan fingerprint density at radius 3 is 2.21 bits per heavy atom. The van der Waals surface area contributed by atoms with Crippen LogP contribution in [0.25, 0.3) is 6.08 Å². The summed E-state index contributed by atoms with van der Waals surface area (Å²) in [6, 6.07) is 8.61. The molecular weight excluding hydrogens is 408 g/mol. The van der Waals surface area contributed by atoms with Crippen LogP contribution in [0, 0.1) is 0 Å². The first-order chi connectivity index (χ1) is 5.29. The average molecular weight is 417 g/mol. The summed E-state index contributed by atoms with van der Waals surface area (Å²) in [5.41, 5.74) is 4.36. The average Bonchev–Trinajstić information content (AvgIpc) is 2.30. The maximum atomic E-state index is 2.28. The molecule has 0 radical (unpaired) electrons. The van der Waals surface area contributed by atoms with Gasteiger partial charge in [-0.05, 0) is 0 Å². The van der Waals surface area contributed by atoms with Crippen molar-refractivity contribution in [3.05, 3.63) is 41.0 Å². The standard InChI is InChI=1S/C10H9.3BrH.Ti/c1-8-6-9-4-2-3-5-10(9)7-8;;;;/h2-7H,1H3;3*1H;/q;;;;+3/p-3. The van der Waals surface area contributed by atoms with Gasteiger partial charge in [-0.15, -0.1) is 0 Å². The van der Waals surface area contributed by atoms with Gasteiger partial charge in [-0.2, -0.15) is 0 Å². The van der Waals surface area contributed by atoms with E-state index in [1.54, 1.807) is 0 Å². The van der Waals surface area contributed by atoms with Crippen molar-refractivity contribution in [2.45, 2.75) is 11.1 Å². The smallest absolute Gasteiger partial charge is 1.00 e. The summed E-state index contributed by atoms with van der Waals surface area (Å²) in [5, 5.41) is 0. The molecule has 0 heterocycles. The maximum Gasteiger partial charge on any atom is -1.00 e. The Labute approximate surface area is 128 Å². The van der Waals surface area contributed by atoms with Crippen molar-refractivity contribution in [1.82, 2.24) is 0 Å². The third kappa shape index (κ3) is 3.31. The molecule has 74 valence electrons. The number of allylic oxidation sites excluding steroid dienone is 1. The largest absolute Gasteiger partial charge is 1.00 e. The van der Waals surface area contributed by atoms with E-state index in [0.29, 0.717) is 4.22 Å². The predicted molar refractivity (Wildman–Crippen MR) is 42.8 cm³/mol. The SMILES string of the molecule is CC1=Cc2ccccc2[CH]1[Ti+3].[Br-].[Br-].[Br-]. The molecule has 0 nitrogen and oxygen atoms in total. The number of fused-ring (bicyclic) bond motifs is 1. The van der Waals surface area contributed by atoms with E-state index in [4.69, 9.17) is 0 Å². The molecule has 4 heteroatoms. The summed E-state index contributed by atoms with van der Waals surface area (Å²) in [7, 11) is 0. The molecule has 14 heavy (non-hydrogen) atoms. The minimum Gasteiger partial charge on any atom is -1.00 e. The molecule has 0 N–H and O–H groups in total. The Kier molecular flexibility index (Phi) is 9.25. The number of hydrogen-bond acceptors (Lipinski definition) is 0. The van der Waals surface area contributed by atoms with Crippen LogP contribution in [0.3, 0.4) is 0 Å². The van der Waals surface area contributed by atoms with E-state index >= 15 is 0 Å². The molecule has 0 aromatic heterocycles. The van der Waals surface area contributed by atoms with Crippen molar-refractivity contribution < 1.29 is 71.4 Å². The van der Waals surface area contributed by atoms with Gasteiger partial charge >= 0.3 is 78.6 Å². The monoisotopic (exact) mass is 414 g/mol. The molecule has 1 atom stereocenters. The van der Waals surface area contributed by atoms with Crippen LogP contribution in [0.2, 0.25) is 0 Å². The van der Waals surface area contributed by atoms with Gasteiger partial charge in [0.15, 0.2) is 0 Å². The van der Waals surface area contributed by atoms with Gasteiger partial charge in [0.25, 0.3) is 0 Å². The minimum atomic E-state index is 0. The second kappa shape index (κ2) is 7.40. The minimum absolute atomic E-state index is 0. The fraction of sp³-hybridized carbons (Fsp3) is 0.200. The molecule has 0 bridgehead atoms. The van der Waals surface area contributed by atoms with E-state index in [2.05, 4.69) is 57.7 Å². The Balaban J connectivity index is 0. The van der Waals surface area contributed by atoms with Crippen LogP contribution < -0.4 is 50.9 Å². The van der Waals surface area contributed by atoms with E-state index in [0.717, 1.165) is 0 Å². The Morgan fingerprint density at radius 1 is 1.07 bits per heavy atom. The van der Waals surface area contributed by atoms with Gasteiger partial charge in [0, 0.05) is 0 Å². The zero-order valence-corrected chi connectivity index (χ0v) is 13.9. The topological polar surface area (TPSA) is 0 Å². The third-order valence-corrected chi connectivity index (χ3v) is 3.34. The van der Waals surface area contributed by atoms with Gasteiger partial charge in [-0.25, -0.2) is 0 Å². The maximum absolute atomic E-state index is 2.28. The van der Waals surface area contributed by atoms with Crippen LogP contribution in [0.1, 0.15) is 22.3 Å². The number of benzene rings is 1. The summed E-state index contributed by atoms with van der Waals surface area (Å²) in [4.78, 5) is 0. The Morgan fingerprint density at radius 2 is 1.64 bits per heavy atom. The zero-order chi connectivity index (χ0) is 7.84. The normalized spacial score (nSPS) is 16.8. The first-order valence-corrected chi connectivity index (χ1v) is 4.67. The van der Waals surface area contributed by atoms with Crippen LogP contribution in [0.4, 0.5) is 0 Å². The third-order valence-electron chi connectivity index (χ3n) is 2.15. The summed E-state index contributed by atoms with van der Waals surface area (Å²) in [6.07, 6.45) is 2.28. The van der Waals surface area contributed by atoms with Crippen LogP contribution >= 0.6 is 0 Å². The van der Waals surface area contributed by atoms with Gasteiger partial charge in [-0.3, -0.25) is 0 Å². The molecule has 1 aromatic rings. The predicted octanol–water partition coefficient (Wildman–Crippen LogP) is -6.30. The molecule has 2 rings (SSSR count).